The summed E-state index contributed by atoms with van der Waals surface area (Å²) in [4.78, 5) is 23.1. The van der Waals surface area contributed by atoms with Gasteiger partial charge in [0, 0.05) is 24.7 Å². The Bertz CT molecular complexity index is 891. The number of benzene rings is 2. The number of rotatable bonds is 8. The Hall–Kier alpha value is -2.87. The van der Waals surface area contributed by atoms with E-state index < -0.39 is 15.7 Å². The summed E-state index contributed by atoms with van der Waals surface area (Å²) in [6.07, 6.45) is -0.164. The van der Waals surface area contributed by atoms with Crippen LogP contribution < -0.4 is 15.4 Å². The van der Waals surface area contributed by atoms with Crippen LogP contribution in [-0.2, 0) is 19.4 Å². The van der Waals surface area contributed by atoms with E-state index in [1.54, 1.807) is 24.3 Å². The predicted molar refractivity (Wildman–Crippen MR) is 104 cm³/mol. The standard InChI is InChI=1S/C19H22N2O5S/c1-3-26-17-8-4-16(5-9-17)21-19(23)12-13-27(24,25)18-10-6-15(7-11-18)20-14(2)22/h4-11H,3,12-13H2,1-2H3,(H,20,22)(H,21,23). The molecule has 0 aliphatic heterocycles. The average molecular weight is 390 g/mol. The average Bonchev–Trinajstić information content (AvgIpc) is 2.62. The first-order chi connectivity index (χ1) is 12.8. The van der Waals surface area contributed by atoms with Crippen LogP contribution in [0.4, 0.5) is 11.4 Å². The Kier molecular flexibility index (Phi) is 6.95. The highest BCUT2D eigenvalue weighted by molar-refractivity contribution is 7.91. The summed E-state index contributed by atoms with van der Waals surface area (Å²) in [5, 5.41) is 5.23. The number of sulfone groups is 1. The smallest absolute Gasteiger partial charge is 0.225 e. The molecule has 8 heteroatoms. The van der Waals surface area contributed by atoms with Gasteiger partial charge in [-0.2, -0.15) is 0 Å². The van der Waals surface area contributed by atoms with Crippen molar-refractivity contribution in [3.63, 3.8) is 0 Å². The summed E-state index contributed by atoms with van der Waals surface area (Å²) < 4.78 is 30.0. The van der Waals surface area contributed by atoms with E-state index in [1.165, 1.54) is 31.2 Å². The van der Waals surface area contributed by atoms with Crippen LogP contribution >= 0.6 is 0 Å². The largest absolute Gasteiger partial charge is 0.494 e. The summed E-state index contributed by atoms with van der Waals surface area (Å²) >= 11 is 0. The van der Waals surface area contributed by atoms with Gasteiger partial charge in [0.05, 0.1) is 17.3 Å². The fourth-order valence-corrected chi connectivity index (χ4v) is 3.56. The SMILES string of the molecule is CCOc1ccc(NC(=O)CCS(=O)(=O)c2ccc(NC(C)=O)cc2)cc1. The highest BCUT2D eigenvalue weighted by Crippen LogP contribution is 2.18. The van der Waals surface area contributed by atoms with E-state index >= 15 is 0 Å². The maximum absolute atomic E-state index is 12.4. The third-order valence-corrected chi connectivity index (χ3v) is 5.31. The number of hydrogen-bond donors (Lipinski definition) is 2. The van der Waals surface area contributed by atoms with Gasteiger partial charge in [0.15, 0.2) is 9.84 Å². The molecule has 7 nitrogen and oxygen atoms in total. The number of hydrogen-bond acceptors (Lipinski definition) is 5. The monoisotopic (exact) mass is 390 g/mol. The molecule has 0 saturated carbocycles. The maximum Gasteiger partial charge on any atom is 0.225 e. The van der Waals surface area contributed by atoms with E-state index in [2.05, 4.69) is 10.6 Å². The zero-order valence-electron chi connectivity index (χ0n) is 15.2. The van der Waals surface area contributed by atoms with Crippen molar-refractivity contribution in [3.8, 4) is 5.75 Å². The van der Waals surface area contributed by atoms with Gasteiger partial charge in [-0.3, -0.25) is 9.59 Å². The van der Waals surface area contributed by atoms with E-state index in [-0.39, 0.29) is 23.0 Å². The molecule has 0 heterocycles. The molecule has 2 amide bonds. The Labute approximate surface area is 158 Å². The molecule has 27 heavy (non-hydrogen) atoms. The minimum atomic E-state index is -3.60. The van der Waals surface area contributed by atoms with Crippen LogP contribution in [0.3, 0.4) is 0 Å². The minimum Gasteiger partial charge on any atom is -0.494 e. The Morgan fingerprint density at radius 1 is 0.926 bits per heavy atom. The number of amides is 2. The zero-order chi connectivity index (χ0) is 19.9. The lowest BCUT2D eigenvalue weighted by atomic mass is 10.3. The molecule has 144 valence electrons. The summed E-state index contributed by atoms with van der Waals surface area (Å²) in [5.74, 6) is -0.245. The molecule has 0 radical (unpaired) electrons. The van der Waals surface area contributed by atoms with E-state index in [4.69, 9.17) is 4.74 Å². The second kappa shape index (κ2) is 9.18. The topological polar surface area (TPSA) is 102 Å². The molecule has 2 N–H and O–H groups in total. The number of ether oxygens (including phenoxy) is 1. The quantitative estimate of drug-likeness (QED) is 0.722. The third-order valence-electron chi connectivity index (χ3n) is 3.58. The van der Waals surface area contributed by atoms with Gasteiger partial charge in [0.25, 0.3) is 0 Å². The summed E-state index contributed by atoms with van der Waals surface area (Å²) in [5.41, 5.74) is 1.08. The Balaban J connectivity index is 1.91. The van der Waals surface area contributed by atoms with Crippen LogP contribution in [0.25, 0.3) is 0 Å². The van der Waals surface area contributed by atoms with Crippen LogP contribution in [0.2, 0.25) is 0 Å². The van der Waals surface area contributed by atoms with Crippen LogP contribution in [0.15, 0.2) is 53.4 Å². The fourth-order valence-electron chi connectivity index (χ4n) is 2.32. The molecule has 0 spiro atoms. The molecule has 2 rings (SSSR count). The van der Waals surface area contributed by atoms with Crippen molar-refractivity contribution < 1.29 is 22.7 Å². The van der Waals surface area contributed by atoms with E-state index in [0.29, 0.717) is 23.7 Å². The first-order valence-electron chi connectivity index (χ1n) is 8.43. The lowest BCUT2D eigenvalue weighted by molar-refractivity contribution is -0.116. The number of carbonyl (C=O) groups excluding carboxylic acids is 2. The van der Waals surface area contributed by atoms with Crippen molar-refractivity contribution in [2.24, 2.45) is 0 Å². The second-order valence-corrected chi connectivity index (χ2v) is 7.89. The third kappa shape index (κ3) is 6.41. The van der Waals surface area contributed by atoms with Crippen molar-refractivity contribution in [1.29, 1.82) is 0 Å². The molecule has 2 aromatic rings. The van der Waals surface area contributed by atoms with E-state index in [1.807, 2.05) is 6.92 Å². The number of carbonyl (C=O) groups is 2. The van der Waals surface area contributed by atoms with Gasteiger partial charge in [-0.25, -0.2) is 8.42 Å². The van der Waals surface area contributed by atoms with Crippen LogP contribution in [0.1, 0.15) is 20.3 Å². The van der Waals surface area contributed by atoms with Crippen molar-refractivity contribution in [2.45, 2.75) is 25.2 Å². The summed E-state index contributed by atoms with van der Waals surface area (Å²) in [6.45, 7) is 3.80. The van der Waals surface area contributed by atoms with Gasteiger partial charge in [-0.05, 0) is 55.5 Å². The molecule has 0 aromatic heterocycles. The first kappa shape index (κ1) is 20.4. The molecule has 0 aliphatic rings. The normalized spacial score (nSPS) is 10.9. The molecule has 0 unspecified atom stereocenters. The lowest BCUT2D eigenvalue weighted by Crippen LogP contribution is -2.17. The van der Waals surface area contributed by atoms with Crippen molar-refractivity contribution in [3.05, 3.63) is 48.5 Å². The van der Waals surface area contributed by atoms with E-state index in [9.17, 15) is 18.0 Å². The molecule has 0 fully saturated rings. The van der Waals surface area contributed by atoms with E-state index in [0.717, 1.165) is 0 Å². The summed E-state index contributed by atoms with van der Waals surface area (Å²) in [7, 11) is -3.60. The van der Waals surface area contributed by atoms with Crippen molar-refractivity contribution >= 4 is 33.0 Å². The number of nitrogens with one attached hydrogen (secondary N) is 2. The lowest BCUT2D eigenvalue weighted by Gasteiger charge is -2.08. The highest BCUT2D eigenvalue weighted by Gasteiger charge is 2.16. The predicted octanol–water partition coefficient (Wildman–Crippen LogP) is 2.85. The van der Waals surface area contributed by atoms with Crippen LogP contribution in [-0.4, -0.2) is 32.6 Å². The van der Waals surface area contributed by atoms with Gasteiger partial charge in [0.2, 0.25) is 11.8 Å². The second-order valence-electron chi connectivity index (χ2n) is 5.78. The van der Waals surface area contributed by atoms with Gasteiger partial charge in [-0.1, -0.05) is 0 Å². The van der Waals surface area contributed by atoms with Gasteiger partial charge in [0.1, 0.15) is 5.75 Å². The molecule has 0 atom stereocenters. The highest BCUT2D eigenvalue weighted by atomic mass is 32.2. The van der Waals surface area contributed by atoms with Gasteiger partial charge < -0.3 is 15.4 Å². The van der Waals surface area contributed by atoms with Crippen LogP contribution in [0.5, 0.6) is 5.75 Å². The Morgan fingerprint density at radius 3 is 2.04 bits per heavy atom. The van der Waals surface area contributed by atoms with Crippen molar-refractivity contribution in [2.75, 3.05) is 23.0 Å². The molecular weight excluding hydrogens is 368 g/mol. The minimum absolute atomic E-state index is 0.102. The zero-order valence-corrected chi connectivity index (χ0v) is 16.0. The summed E-state index contributed by atoms with van der Waals surface area (Å²) in [6, 6.07) is 12.7. The molecular formula is C19H22N2O5S. The molecule has 0 aliphatic carbocycles. The number of anilines is 2. The van der Waals surface area contributed by atoms with Crippen molar-refractivity contribution in [1.82, 2.24) is 0 Å². The van der Waals surface area contributed by atoms with Gasteiger partial charge in [-0.15, -0.1) is 0 Å². The molecule has 0 saturated heterocycles. The van der Waals surface area contributed by atoms with Crippen LogP contribution in [0, 0.1) is 0 Å². The maximum atomic E-state index is 12.4. The van der Waals surface area contributed by atoms with Gasteiger partial charge >= 0.3 is 0 Å². The molecule has 2 aromatic carbocycles. The first-order valence-corrected chi connectivity index (χ1v) is 10.1. The Morgan fingerprint density at radius 2 is 1.48 bits per heavy atom. The fraction of sp³-hybridized carbons (Fsp3) is 0.263. The molecule has 0 bridgehead atoms.